The number of ether oxygens (including phenoxy) is 2. The largest absolute Gasteiger partial charge is 0.382 e. The highest BCUT2D eigenvalue weighted by molar-refractivity contribution is 4.65. The summed E-state index contributed by atoms with van der Waals surface area (Å²) in [5.74, 6) is 0. The molecule has 0 fully saturated rings. The summed E-state index contributed by atoms with van der Waals surface area (Å²) in [6.45, 7) is 7.67. The van der Waals surface area contributed by atoms with E-state index in [1.807, 2.05) is 0 Å². The van der Waals surface area contributed by atoms with Crippen molar-refractivity contribution >= 4 is 0 Å². The number of methoxy groups -OCH3 is 1. The Hall–Kier alpha value is -0.120. The van der Waals surface area contributed by atoms with Crippen molar-refractivity contribution in [3.8, 4) is 0 Å². The molecule has 1 atom stereocenters. The van der Waals surface area contributed by atoms with Crippen LogP contribution in [0.1, 0.15) is 71.6 Å². The van der Waals surface area contributed by atoms with Crippen LogP contribution >= 0.6 is 0 Å². The van der Waals surface area contributed by atoms with Crippen molar-refractivity contribution < 1.29 is 9.47 Å². The van der Waals surface area contributed by atoms with Gasteiger partial charge in [0.15, 0.2) is 0 Å². The van der Waals surface area contributed by atoms with Gasteiger partial charge in [-0.15, -0.1) is 0 Å². The maximum absolute atomic E-state index is 5.62. The summed E-state index contributed by atoms with van der Waals surface area (Å²) in [6, 6.07) is 0.511. The van der Waals surface area contributed by atoms with E-state index in [1.54, 1.807) is 7.11 Å². The second-order valence-electron chi connectivity index (χ2n) is 5.59. The number of nitrogens with one attached hydrogen (secondary N) is 1. The van der Waals surface area contributed by atoms with E-state index in [9.17, 15) is 0 Å². The van der Waals surface area contributed by atoms with Gasteiger partial charge in [0, 0.05) is 13.2 Å². The molecule has 3 nitrogen and oxygen atoms in total. The molecule has 3 heteroatoms. The average Bonchev–Trinajstić information content (AvgIpc) is 2.46. The Morgan fingerprint density at radius 3 is 2.10 bits per heavy atom. The van der Waals surface area contributed by atoms with Crippen molar-refractivity contribution in [3.05, 3.63) is 0 Å². The lowest BCUT2D eigenvalue weighted by molar-refractivity contribution is 0.0573. The molecular weight excluding hydrogens is 250 g/mol. The molecule has 0 aliphatic heterocycles. The molecule has 0 spiro atoms. The molecule has 0 bridgehead atoms. The third-order valence-corrected chi connectivity index (χ3v) is 3.65. The topological polar surface area (TPSA) is 30.5 Å². The molecule has 0 aromatic carbocycles. The summed E-state index contributed by atoms with van der Waals surface area (Å²) < 4.78 is 10.6. The summed E-state index contributed by atoms with van der Waals surface area (Å²) in [5.41, 5.74) is 0. The summed E-state index contributed by atoms with van der Waals surface area (Å²) in [4.78, 5) is 0. The molecule has 0 aromatic rings. The molecule has 0 saturated heterocycles. The lowest BCUT2D eigenvalue weighted by atomic mass is 10.0. The van der Waals surface area contributed by atoms with Crippen molar-refractivity contribution in [2.45, 2.75) is 77.7 Å². The number of hydrogen-bond acceptors (Lipinski definition) is 3. The van der Waals surface area contributed by atoms with Crippen molar-refractivity contribution in [1.29, 1.82) is 0 Å². The van der Waals surface area contributed by atoms with E-state index < -0.39 is 0 Å². The van der Waals surface area contributed by atoms with Crippen LogP contribution in [-0.2, 0) is 9.47 Å². The molecule has 20 heavy (non-hydrogen) atoms. The van der Waals surface area contributed by atoms with Gasteiger partial charge in [-0.2, -0.15) is 0 Å². The fraction of sp³-hybridized carbons (Fsp3) is 1.00. The first kappa shape index (κ1) is 19.9. The lowest BCUT2D eigenvalue weighted by Gasteiger charge is -2.17. The van der Waals surface area contributed by atoms with Crippen LogP contribution in [0.3, 0.4) is 0 Å². The second-order valence-corrected chi connectivity index (χ2v) is 5.59. The van der Waals surface area contributed by atoms with E-state index >= 15 is 0 Å². The van der Waals surface area contributed by atoms with Gasteiger partial charge in [0.05, 0.1) is 19.8 Å². The molecule has 0 radical (unpaired) electrons. The highest BCUT2D eigenvalue weighted by Crippen LogP contribution is 2.10. The molecule has 1 N–H and O–H groups in total. The molecule has 0 aliphatic rings. The Kier molecular flexibility index (Phi) is 16.8. The van der Waals surface area contributed by atoms with Crippen molar-refractivity contribution in [2.24, 2.45) is 0 Å². The standard InChI is InChI=1S/C17H37NO2/c1-4-6-7-8-9-10-11-12-13-17(18-5-2)16-20-15-14-19-3/h17-18H,4-16H2,1-3H3. The molecule has 0 rings (SSSR count). The van der Waals surface area contributed by atoms with Crippen LogP contribution in [-0.4, -0.2) is 39.5 Å². The van der Waals surface area contributed by atoms with Gasteiger partial charge in [0.1, 0.15) is 0 Å². The van der Waals surface area contributed by atoms with Crippen LogP contribution in [0, 0.1) is 0 Å². The van der Waals surface area contributed by atoms with Crippen molar-refractivity contribution in [1.82, 2.24) is 5.32 Å². The maximum atomic E-state index is 5.62. The zero-order valence-corrected chi connectivity index (χ0v) is 14.1. The summed E-state index contributed by atoms with van der Waals surface area (Å²) in [5, 5.41) is 3.51. The Morgan fingerprint density at radius 2 is 1.50 bits per heavy atom. The quantitative estimate of drug-likeness (QED) is 0.432. The molecule has 0 aromatic heterocycles. The minimum atomic E-state index is 0.511. The van der Waals surface area contributed by atoms with E-state index in [4.69, 9.17) is 9.47 Å². The van der Waals surface area contributed by atoms with Crippen molar-refractivity contribution in [3.63, 3.8) is 0 Å². The fourth-order valence-corrected chi connectivity index (χ4v) is 2.43. The summed E-state index contributed by atoms with van der Waals surface area (Å²) >= 11 is 0. The number of unbranched alkanes of at least 4 members (excludes halogenated alkanes) is 7. The molecule has 0 amide bonds. The zero-order chi connectivity index (χ0) is 14.9. The highest BCUT2D eigenvalue weighted by Gasteiger charge is 2.06. The Balaban J connectivity index is 3.40. The predicted octanol–water partition coefficient (Wildman–Crippen LogP) is 4.16. The van der Waals surface area contributed by atoms with Gasteiger partial charge in [-0.25, -0.2) is 0 Å². The predicted molar refractivity (Wildman–Crippen MR) is 87.4 cm³/mol. The monoisotopic (exact) mass is 287 g/mol. The van der Waals surface area contributed by atoms with Crippen LogP contribution in [0.4, 0.5) is 0 Å². The van der Waals surface area contributed by atoms with E-state index in [0.29, 0.717) is 19.3 Å². The van der Waals surface area contributed by atoms with Gasteiger partial charge in [0.2, 0.25) is 0 Å². The lowest BCUT2D eigenvalue weighted by Crippen LogP contribution is -2.33. The molecule has 0 heterocycles. The van der Waals surface area contributed by atoms with E-state index in [-0.39, 0.29) is 0 Å². The first-order valence-electron chi connectivity index (χ1n) is 8.65. The Morgan fingerprint density at radius 1 is 0.850 bits per heavy atom. The van der Waals surface area contributed by atoms with Gasteiger partial charge < -0.3 is 14.8 Å². The van der Waals surface area contributed by atoms with E-state index in [2.05, 4.69) is 19.2 Å². The van der Waals surface area contributed by atoms with Crippen molar-refractivity contribution in [2.75, 3.05) is 33.5 Å². The normalized spacial score (nSPS) is 12.8. The molecule has 0 aliphatic carbocycles. The van der Waals surface area contributed by atoms with E-state index in [1.165, 1.54) is 57.8 Å². The third kappa shape index (κ3) is 14.3. The van der Waals surface area contributed by atoms with Gasteiger partial charge in [-0.1, -0.05) is 65.2 Å². The van der Waals surface area contributed by atoms with Crippen LogP contribution < -0.4 is 5.32 Å². The molecule has 122 valence electrons. The van der Waals surface area contributed by atoms with Crippen LogP contribution in [0.5, 0.6) is 0 Å². The van der Waals surface area contributed by atoms with Crippen LogP contribution in [0.15, 0.2) is 0 Å². The van der Waals surface area contributed by atoms with Gasteiger partial charge in [-0.3, -0.25) is 0 Å². The Bertz CT molecular complexity index is 176. The fourth-order valence-electron chi connectivity index (χ4n) is 2.43. The number of hydrogen-bond donors (Lipinski definition) is 1. The number of rotatable bonds is 16. The minimum Gasteiger partial charge on any atom is -0.382 e. The van der Waals surface area contributed by atoms with Gasteiger partial charge in [0.25, 0.3) is 0 Å². The van der Waals surface area contributed by atoms with Gasteiger partial charge >= 0.3 is 0 Å². The highest BCUT2D eigenvalue weighted by atomic mass is 16.5. The average molecular weight is 287 g/mol. The van der Waals surface area contributed by atoms with Crippen LogP contribution in [0.25, 0.3) is 0 Å². The van der Waals surface area contributed by atoms with E-state index in [0.717, 1.165) is 13.2 Å². The molecule has 1 unspecified atom stereocenters. The van der Waals surface area contributed by atoms with Gasteiger partial charge in [-0.05, 0) is 13.0 Å². The first-order chi connectivity index (χ1) is 9.85. The SMILES string of the molecule is CCCCCCCCCCC(COCCOC)NCC. The minimum absolute atomic E-state index is 0.511. The first-order valence-corrected chi connectivity index (χ1v) is 8.65. The number of likely N-dealkylation sites (N-methyl/N-ethyl adjacent to an activating group) is 1. The zero-order valence-electron chi connectivity index (χ0n) is 14.1. The maximum Gasteiger partial charge on any atom is 0.0701 e. The van der Waals surface area contributed by atoms with Crippen LogP contribution in [0.2, 0.25) is 0 Å². The summed E-state index contributed by atoms with van der Waals surface area (Å²) in [7, 11) is 1.71. The molecule has 0 saturated carbocycles. The molecular formula is C17H37NO2. The summed E-state index contributed by atoms with van der Waals surface area (Å²) in [6.07, 6.45) is 12.3. The second kappa shape index (κ2) is 16.9. The Labute approximate surface area is 126 Å². The smallest absolute Gasteiger partial charge is 0.0701 e. The third-order valence-electron chi connectivity index (χ3n) is 3.65.